The second-order valence-corrected chi connectivity index (χ2v) is 5.84. The first-order valence-electron chi connectivity index (χ1n) is 7.00. The van der Waals surface area contributed by atoms with Crippen molar-refractivity contribution >= 4 is 17.6 Å². The van der Waals surface area contributed by atoms with Crippen molar-refractivity contribution in [2.45, 2.75) is 25.5 Å². The summed E-state index contributed by atoms with van der Waals surface area (Å²) in [5.41, 5.74) is 0.814. The van der Waals surface area contributed by atoms with Gasteiger partial charge in [0.2, 0.25) is 0 Å². The Morgan fingerprint density at radius 1 is 1.57 bits per heavy atom. The van der Waals surface area contributed by atoms with E-state index in [2.05, 4.69) is 5.32 Å². The molecule has 1 aromatic carbocycles. The van der Waals surface area contributed by atoms with E-state index in [0.717, 1.165) is 18.4 Å². The number of urea groups is 1. The van der Waals surface area contributed by atoms with Gasteiger partial charge in [-0.1, -0.05) is 11.6 Å². The molecular weight excluding hydrogens is 292 g/mol. The van der Waals surface area contributed by atoms with Crippen LogP contribution in [0.4, 0.5) is 4.79 Å². The summed E-state index contributed by atoms with van der Waals surface area (Å²) < 4.78 is 5.23. The first-order chi connectivity index (χ1) is 10.0. The number of likely N-dealkylation sites (N-methyl/N-ethyl adjacent to an activating group) is 1. The number of nitrogens with zero attached hydrogens (tertiary/aromatic N) is 1. The molecule has 0 aromatic heterocycles. The average molecular weight is 313 g/mol. The predicted octanol–water partition coefficient (Wildman–Crippen LogP) is 2.26. The molecule has 0 bridgehead atoms. The number of ether oxygens (including phenoxy) is 1. The molecule has 0 unspecified atom stereocenters. The zero-order valence-electron chi connectivity index (χ0n) is 12.3. The summed E-state index contributed by atoms with van der Waals surface area (Å²) >= 11 is 5.95. The Hall–Kier alpha value is -1.46. The highest BCUT2D eigenvalue weighted by Crippen LogP contribution is 2.32. The monoisotopic (exact) mass is 312 g/mol. The molecule has 1 aromatic rings. The molecule has 1 atom stereocenters. The number of nitrogens with one attached hydrogen (secondary N) is 1. The number of halogens is 1. The molecule has 2 amide bonds. The maximum atomic E-state index is 12.0. The van der Waals surface area contributed by atoms with Crippen molar-refractivity contribution in [3.05, 3.63) is 28.8 Å². The Balaban J connectivity index is 1.86. The number of rotatable bonds is 6. The zero-order chi connectivity index (χ0) is 15.4. The van der Waals surface area contributed by atoms with E-state index in [-0.39, 0.29) is 6.03 Å². The van der Waals surface area contributed by atoms with Gasteiger partial charge >= 0.3 is 6.03 Å². The van der Waals surface area contributed by atoms with Gasteiger partial charge in [-0.25, -0.2) is 4.79 Å². The van der Waals surface area contributed by atoms with Gasteiger partial charge in [0.05, 0.1) is 13.2 Å². The van der Waals surface area contributed by atoms with Crippen LogP contribution in [0.5, 0.6) is 5.75 Å². The van der Waals surface area contributed by atoms with Crippen molar-refractivity contribution in [3.63, 3.8) is 0 Å². The molecule has 0 heterocycles. The van der Waals surface area contributed by atoms with Gasteiger partial charge in [0.25, 0.3) is 0 Å². The van der Waals surface area contributed by atoms with E-state index in [9.17, 15) is 9.90 Å². The Morgan fingerprint density at radius 2 is 2.29 bits per heavy atom. The minimum Gasteiger partial charge on any atom is -0.496 e. The van der Waals surface area contributed by atoms with Crippen LogP contribution in [-0.2, 0) is 6.54 Å². The number of hydrogen-bond acceptors (Lipinski definition) is 3. The second kappa shape index (κ2) is 7.00. The lowest BCUT2D eigenvalue weighted by atomic mass is 10.2. The summed E-state index contributed by atoms with van der Waals surface area (Å²) in [5, 5.41) is 13.3. The molecule has 6 heteroatoms. The Morgan fingerprint density at radius 3 is 2.90 bits per heavy atom. The maximum absolute atomic E-state index is 12.0. The molecule has 1 saturated carbocycles. The van der Waals surface area contributed by atoms with Gasteiger partial charge in [0.15, 0.2) is 0 Å². The van der Waals surface area contributed by atoms with Crippen LogP contribution in [-0.4, -0.2) is 42.8 Å². The molecule has 1 fully saturated rings. The van der Waals surface area contributed by atoms with Gasteiger partial charge in [-0.2, -0.15) is 0 Å². The molecule has 2 rings (SSSR count). The summed E-state index contributed by atoms with van der Waals surface area (Å²) in [5.74, 6) is 1.04. The van der Waals surface area contributed by atoms with Crippen molar-refractivity contribution in [3.8, 4) is 5.75 Å². The van der Waals surface area contributed by atoms with E-state index in [1.54, 1.807) is 32.4 Å². The van der Waals surface area contributed by atoms with Crippen LogP contribution >= 0.6 is 11.6 Å². The van der Waals surface area contributed by atoms with Gasteiger partial charge in [0, 0.05) is 30.7 Å². The normalized spacial score (nSPS) is 15.4. The fourth-order valence-corrected chi connectivity index (χ4v) is 2.38. The summed E-state index contributed by atoms with van der Waals surface area (Å²) in [4.78, 5) is 13.5. The van der Waals surface area contributed by atoms with Gasteiger partial charge in [-0.3, -0.25) is 0 Å². The van der Waals surface area contributed by atoms with Crippen molar-refractivity contribution in [1.82, 2.24) is 10.2 Å². The van der Waals surface area contributed by atoms with Crippen molar-refractivity contribution in [2.24, 2.45) is 5.92 Å². The summed E-state index contributed by atoms with van der Waals surface area (Å²) in [6.45, 7) is 0.676. The Kier molecular flexibility index (Phi) is 5.31. The molecule has 21 heavy (non-hydrogen) atoms. The Labute approximate surface area is 129 Å². The quantitative estimate of drug-likeness (QED) is 0.847. The number of hydrogen-bond donors (Lipinski definition) is 2. The highest BCUT2D eigenvalue weighted by Gasteiger charge is 2.31. The lowest BCUT2D eigenvalue weighted by Crippen LogP contribution is -2.41. The molecule has 116 valence electrons. The highest BCUT2D eigenvalue weighted by molar-refractivity contribution is 6.30. The SMILES string of the molecule is COc1ccc(Cl)cc1CNC(=O)N(C)C[C@H](O)C1CC1. The fraction of sp³-hybridized carbons (Fsp3) is 0.533. The van der Waals surface area contributed by atoms with Crippen LogP contribution in [0.25, 0.3) is 0 Å². The van der Waals surface area contributed by atoms with Crippen LogP contribution in [0.1, 0.15) is 18.4 Å². The fourth-order valence-electron chi connectivity index (χ4n) is 2.18. The van der Waals surface area contributed by atoms with Gasteiger partial charge in [-0.05, 0) is 37.0 Å². The van der Waals surface area contributed by atoms with Gasteiger partial charge in [-0.15, -0.1) is 0 Å². The van der Waals surface area contributed by atoms with E-state index in [4.69, 9.17) is 16.3 Å². The number of aliphatic hydroxyl groups is 1. The minimum absolute atomic E-state index is 0.225. The van der Waals surface area contributed by atoms with Crippen molar-refractivity contribution in [1.29, 1.82) is 0 Å². The van der Waals surface area contributed by atoms with Crippen molar-refractivity contribution in [2.75, 3.05) is 20.7 Å². The third-order valence-corrected chi connectivity index (χ3v) is 3.88. The molecule has 1 aliphatic carbocycles. The number of carbonyl (C=O) groups excluding carboxylic acids is 1. The van der Waals surface area contributed by atoms with Crippen molar-refractivity contribution < 1.29 is 14.6 Å². The number of amides is 2. The first-order valence-corrected chi connectivity index (χ1v) is 7.38. The molecular formula is C15H21ClN2O3. The molecule has 0 spiro atoms. The number of carbonyl (C=O) groups is 1. The molecule has 2 N–H and O–H groups in total. The topological polar surface area (TPSA) is 61.8 Å². The summed E-state index contributed by atoms with van der Waals surface area (Å²) in [7, 11) is 3.25. The lowest BCUT2D eigenvalue weighted by molar-refractivity contribution is 0.113. The molecule has 1 aliphatic rings. The second-order valence-electron chi connectivity index (χ2n) is 5.40. The maximum Gasteiger partial charge on any atom is 0.317 e. The van der Waals surface area contributed by atoms with Crippen LogP contribution in [0, 0.1) is 5.92 Å². The third-order valence-electron chi connectivity index (χ3n) is 3.65. The van der Waals surface area contributed by atoms with Crippen LogP contribution < -0.4 is 10.1 Å². The summed E-state index contributed by atoms with van der Waals surface area (Å²) in [6.07, 6.45) is 1.67. The predicted molar refractivity (Wildman–Crippen MR) is 81.6 cm³/mol. The average Bonchev–Trinajstić information content (AvgIpc) is 3.29. The lowest BCUT2D eigenvalue weighted by Gasteiger charge is -2.21. The largest absolute Gasteiger partial charge is 0.496 e. The third kappa shape index (κ3) is 4.51. The van der Waals surface area contributed by atoms with E-state index in [1.807, 2.05) is 0 Å². The number of aliphatic hydroxyl groups excluding tert-OH is 1. The molecule has 0 saturated heterocycles. The van der Waals surface area contributed by atoms with E-state index in [0.29, 0.717) is 29.8 Å². The minimum atomic E-state index is -0.429. The van der Waals surface area contributed by atoms with Gasteiger partial charge in [0.1, 0.15) is 5.75 Å². The Bertz CT molecular complexity index is 506. The molecule has 0 aliphatic heterocycles. The molecule has 0 radical (unpaired) electrons. The van der Waals surface area contributed by atoms with E-state index in [1.165, 1.54) is 4.90 Å². The van der Waals surface area contributed by atoms with Crippen LogP contribution in [0.15, 0.2) is 18.2 Å². The van der Waals surface area contributed by atoms with E-state index < -0.39 is 6.10 Å². The smallest absolute Gasteiger partial charge is 0.317 e. The van der Waals surface area contributed by atoms with Crippen LogP contribution in [0.2, 0.25) is 5.02 Å². The van der Waals surface area contributed by atoms with Crippen LogP contribution in [0.3, 0.4) is 0 Å². The highest BCUT2D eigenvalue weighted by atomic mass is 35.5. The first kappa shape index (κ1) is 15.9. The number of benzene rings is 1. The zero-order valence-corrected chi connectivity index (χ0v) is 13.1. The number of methoxy groups -OCH3 is 1. The van der Waals surface area contributed by atoms with Gasteiger partial charge < -0.3 is 20.1 Å². The van der Waals surface area contributed by atoms with E-state index >= 15 is 0 Å². The standard InChI is InChI=1S/C15H21ClN2O3/c1-18(9-13(19)10-3-4-10)15(20)17-8-11-7-12(16)5-6-14(11)21-2/h5-7,10,13,19H,3-4,8-9H2,1-2H3,(H,17,20)/t13-/m0/s1. The molecule has 5 nitrogen and oxygen atoms in total. The summed E-state index contributed by atoms with van der Waals surface area (Å²) in [6, 6.07) is 5.05.